The Balaban J connectivity index is 2.21. The lowest BCUT2D eigenvalue weighted by Gasteiger charge is -2.11. The summed E-state index contributed by atoms with van der Waals surface area (Å²) < 4.78 is 15.2. The first-order valence-electron chi connectivity index (χ1n) is 5.43. The number of benzene rings is 1. The molecule has 0 unspecified atom stereocenters. The monoisotopic (exact) mass is 313 g/mol. The molecule has 18 heavy (non-hydrogen) atoms. The van der Waals surface area contributed by atoms with Crippen LogP contribution in [0.4, 0.5) is 4.39 Å². The summed E-state index contributed by atoms with van der Waals surface area (Å²) in [6.45, 7) is 3.76. The first-order chi connectivity index (χ1) is 8.36. The number of nitrogens with zero attached hydrogens (tertiary/aromatic N) is 3. The molecular weight excluding hydrogens is 301 g/mol. The van der Waals surface area contributed by atoms with Gasteiger partial charge in [-0.15, -0.1) is 5.10 Å². The SMILES string of the molecule is CC(C)(O)c1cn(Cc2ccc(F)cc2Br)nn1. The van der Waals surface area contributed by atoms with Gasteiger partial charge in [0.25, 0.3) is 0 Å². The first-order valence-corrected chi connectivity index (χ1v) is 6.22. The van der Waals surface area contributed by atoms with E-state index < -0.39 is 5.60 Å². The topological polar surface area (TPSA) is 50.9 Å². The molecule has 0 fully saturated rings. The van der Waals surface area contributed by atoms with Crippen molar-refractivity contribution in [2.45, 2.75) is 26.0 Å². The number of halogens is 2. The summed E-state index contributed by atoms with van der Waals surface area (Å²) in [4.78, 5) is 0. The third-order valence-corrected chi connectivity index (χ3v) is 3.25. The van der Waals surface area contributed by atoms with Crippen LogP contribution < -0.4 is 0 Å². The fourth-order valence-corrected chi connectivity index (χ4v) is 1.96. The Morgan fingerprint density at radius 1 is 1.44 bits per heavy atom. The lowest BCUT2D eigenvalue weighted by Crippen LogP contribution is -2.15. The molecule has 0 aliphatic heterocycles. The van der Waals surface area contributed by atoms with Crippen LogP contribution in [-0.2, 0) is 12.1 Å². The Labute approximate surface area is 113 Å². The van der Waals surface area contributed by atoms with E-state index in [1.165, 1.54) is 12.1 Å². The van der Waals surface area contributed by atoms with Gasteiger partial charge in [-0.05, 0) is 31.5 Å². The van der Waals surface area contributed by atoms with Crippen LogP contribution in [0.2, 0.25) is 0 Å². The van der Waals surface area contributed by atoms with Gasteiger partial charge in [0.05, 0.1) is 12.7 Å². The molecule has 0 saturated carbocycles. The fourth-order valence-electron chi connectivity index (χ4n) is 1.48. The Hall–Kier alpha value is -1.27. The van der Waals surface area contributed by atoms with E-state index in [1.54, 1.807) is 30.8 Å². The van der Waals surface area contributed by atoms with Gasteiger partial charge in [0.1, 0.15) is 17.1 Å². The van der Waals surface area contributed by atoms with Gasteiger partial charge < -0.3 is 5.11 Å². The minimum atomic E-state index is -1.02. The maximum atomic E-state index is 12.9. The molecule has 0 saturated heterocycles. The third kappa shape index (κ3) is 2.94. The van der Waals surface area contributed by atoms with Crippen molar-refractivity contribution < 1.29 is 9.50 Å². The standard InChI is InChI=1S/C12H13BrFN3O/c1-12(2,18)11-7-17(16-15-11)6-8-3-4-9(14)5-10(8)13/h3-5,7,18H,6H2,1-2H3. The first kappa shape index (κ1) is 13.2. The second-order valence-electron chi connectivity index (χ2n) is 4.60. The summed E-state index contributed by atoms with van der Waals surface area (Å²) in [6.07, 6.45) is 1.68. The second-order valence-corrected chi connectivity index (χ2v) is 5.45. The summed E-state index contributed by atoms with van der Waals surface area (Å²) >= 11 is 3.30. The van der Waals surface area contributed by atoms with Gasteiger partial charge >= 0.3 is 0 Å². The highest BCUT2D eigenvalue weighted by Crippen LogP contribution is 2.20. The van der Waals surface area contributed by atoms with Crippen molar-refractivity contribution in [2.75, 3.05) is 0 Å². The highest BCUT2D eigenvalue weighted by molar-refractivity contribution is 9.10. The maximum Gasteiger partial charge on any atom is 0.124 e. The van der Waals surface area contributed by atoms with E-state index in [-0.39, 0.29) is 5.82 Å². The minimum absolute atomic E-state index is 0.290. The van der Waals surface area contributed by atoms with E-state index in [2.05, 4.69) is 26.2 Å². The molecule has 1 N–H and O–H groups in total. The molecule has 2 rings (SSSR count). The molecule has 1 heterocycles. The molecule has 6 heteroatoms. The molecule has 0 bridgehead atoms. The molecule has 96 valence electrons. The van der Waals surface area contributed by atoms with Gasteiger partial charge in [-0.2, -0.15) is 0 Å². The lowest BCUT2D eigenvalue weighted by atomic mass is 10.1. The van der Waals surface area contributed by atoms with Crippen molar-refractivity contribution in [3.63, 3.8) is 0 Å². The number of hydrogen-bond acceptors (Lipinski definition) is 3. The van der Waals surface area contributed by atoms with Gasteiger partial charge in [-0.3, -0.25) is 0 Å². The molecule has 0 atom stereocenters. The summed E-state index contributed by atoms with van der Waals surface area (Å²) in [5, 5.41) is 17.6. The van der Waals surface area contributed by atoms with Gasteiger partial charge in [0, 0.05) is 4.47 Å². The van der Waals surface area contributed by atoms with Gasteiger partial charge in [0.2, 0.25) is 0 Å². The Kier molecular flexibility index (Phi) is 3.49. The molecule has 1 aromatic carbocycles. The van der Waals surface area contributed by atoms with Gasteiger partial charge in [-0.1, -0.05) is 27.2 Å². The highest BCUT2D eigenvalue weighted by atomic mass is 79.9. The minimum Gasteiger partial charge on any atom is -0.384 e. The fraction of sp³-hybridized carbons (Fsp3) is 0.333. The van der Waals surface area contributed by atoms with Crippen LogP contribution in [0.5, 0.6) is 0 Å². The molecule has 0 amide bonds. The van der Waals surface area contributed by atoms with Crippen LogP contribution in [0.1, 0.15) is 25.1 Å². The smallest absolute Gasteiger partial charge is 0.124 e. The predicted molar refractivity (Wildman–Crippen MR) is 68.5 cm³/mol. The molecule has 0 aliphatic carbocycles. The summed E-state index contributed by atoms with van der Waals surface area (Å²) in [6, 6.07) is 4.49. The number of rotatable bonds is 3. The van der Waals surface area contributed by atoms with E-state index >= 15 is 0 Å². The van der Waals surface area contributed by atoms with Crippen molar-refractivity contribution in [3.05, 3.63) is 45.9 Å². The Bertz CT molecular complexity index is 563. The highest BCUT2D eigenvalue weighted by Gasteiger charge is 2.20. The van der Waals surface area contributed by atoms with E-state index in [1.807, 2.05) is 0 Å². The van der Waals surface area contributed by atoms with Crippen molar-refractivity contribution in [3.8, 4) is 0 Å². The van der Waals surface area contributed by atoms with Gasteiger partial charge in [-0.25, -0.2) is 9.07 Å². The quantitative estimate of drug-likeness (QED) is 0.947. The van der Waals surface area contributed by atoms with Crippen molar-refractivity contribution >= 4 is 15.9 Å². The van der Waals surface area contributed by atoms with Crippen LogP contribution in [0.3, 0.4) is 0 Å². The molecule has 0 spiro atoms. The van der Waals surface area contributed by atoms with E-state index in [0.717, 1.165) is 5.56 Å². The van der Waals surface area contributed by atoms with Gasteiger partial charge in [0.15, 0.2) is 0 Å². The average molecular weight is 314 g/mol. The van der Waals surface area contributed by atoms with Crippen LogP contribution >= 0.6 is 15.9 Å². The second kappa shape index (κ2) is 4.78. The molecule has 0 radical (unpaired) electrons. The molecule has 1 aromatic heterocycles. The van der Waals surface area contributed by atoms with Crippen LogP contribution in [0.15, 0.2) is 28.9 Å². The largest absolute Gasteiger partial charge is 0.384 e. The zero-order valence-electron chi connectivity index (χ0n) is 10.1. The van der Waals surface area contributed by atoms with Crippen molar-refractivity contribution in [1.29, 1.82) is 0 Å². The summed E-state index contributed by atoms with van der Waals surface area (Å²) in [5.74, 6) is -0.290. The van der Waals surface area contributed by atoms with E-state index in [0.29, 0.717) is 16.7 Å². The van der Waals surface area contributed by atoms with Crippen molar-refractivity contribution in [1.82, 2.24) is 15.0 Å². The number of aliphatic hydroxyl groups is 1. The number of hydrogen-bond donors (Lipinski definition) is 1. The normalized spacial score (nSPS) is 11.8. The average Bonchev–Trinajstić information content (AvgIpc) is 2.70. The number of aromatic nitrogens is 3. The van der Waals surface area contributed by atoms with Crippen LogP contribution in [-0.4, -0.2) is 20.1 Å². The molecule has 2 aromatic rings. The van der Waals surface area contributed by atoms with Crippen LogP contribution in [0.25, 0.3) is 0 Å². The summed E-state index contributed by atoms with van der Waals surface area (Å²) in [7, 11) is 0. The maximum absolute atomic E-state index is 12.9. The van der Waals surface area contributed by atoms with E-state index in [4.69, 9.17) is 0 Å². The molecule has 4 nitrogen and oxygen atoms in total. The predicted octanol–water partition coefficient (Wildman–Crippen LogP) is 2.46. The van der Waals surface area contributed by atoms with Crippen molar-refractivity contribution in [2.24, 2.45) is 0 Å². The molecule has 0 aliphatic rings. The lowest BCUT2D eigenvalue weighted by molar-refractivity contribution is 0.0737. The molecular formula is C12H13BrFN3O. The third-order valence-electron chi connectivity index (χ3n) is 2.51. The Morgan fingerprint density at radius 2 is 2.17 bits per heavy atom. The van der Waals surface area contributed by atoms with Crippen LogP contribution in [0, 0.1) is 5.82 Å². The van der Waals surface area contributed by atoms with E-state index in [9.17, 15) is 9.50 Å². The zero-order chi connectivity index (χ0) is 13.3. The zero-order valence-corrected chi connectivity index (χ0v) is 11.6. The Morgan fingerprint density at radius 3 is 2.72 bits per heavy atom. The summed E-state index contributed by atoms with van der Waals surface area (Å²) in [5.41, 5.74) is 0.377.